The first kappa shape index (κ1) is 68.8. The Morgan fingerprint density at radius 1 is 0.500 bits per heavy atom. The first-order chi connectivity index (χ1) is 30.7. The van der Waals surface area contributed by atoms with Gasteiger partial charge in [0, 0.05) is 12.7 Å². The van der Waals surface area contributed by atoms with Crippen LogP contribution in [0.15, 0.2) is 91.0 Å². The smallest absolute Gasteiger partial charge is 0.870 e. The van der Waals surface area contributed by atoms with Gasteiger partial charge in [-0.05, 0) is 79.2 Å². The summed E-state index contributed by atoms with van der Waals surface area (Å²) in [6.45, 7) is -5.62. The van der Waals surface area contributed by atoms with Crippen molar-refractivity contribution in [2.75, 3.05) is 33.5 Å². The average molecular weight is 1050 g/mol. The molecular weight excluding hydrogens is 1010 g/mol. The zero-order valence-electron chi connectivity index (χ0n) is 35.2. The third-order valence-electron chi connectivity index (χ3n) is 7.17. The molecule has 0 saturated carbocycles. The van der Waals surface area contributed by atoms with Gasteiger partial charge in [0.1, 0.15) is 29.3 Å². The fourth-order valence-electron chi connectivity index (χ4n) is 4.36. The molecule has 386 valence electrons. The molecular formula is C42H37F18NaO9. The molecule has 4 aromatic carbocycles. The van der Waals surface area contributed by atoms with Crippen molar-refractivity contribution in [2.45, 2.75) is 51.4 Å². The molecule has 0 saturated heterocycles. The molecule has 28 heteroatoms. The van der Waals surface area contributed by atoms with Gasteiger partial charge in [-0.25, -0.2) is 0 Å². The van der Waals surface area contributed by atoms with Gasteiger partial charge in [0.15, 0.2) is 38.0 Å². The molecule has 2 N–H and O–H groups in total. The summed E-state index contributed by atoms with van der Waals surface area (Å²) in [6, 6.07) is 13.0. The van der Waals surface area contributed by atoms with Gasteiger partial charge in [-0.15, -0.1) is 0 Å². The van der Waals surface area contributed by atoms with Crippen LogP contribution in [0.2, 0.25) is 0 Å². The molecule has 0 aliphatic carbocycles. The SMILES string of the molecule is C.CC(=O)c1cc(OCC(F)(F)F)ccc1OCC(F)(F)F.CO.O=C(/C=C/c1ccc(C(F)(F)F)cc1)c1cc(OCC(F)(F)F)ccc1OCC(F)(F)F.O=Cc1ccc(C(F)(F)F)cc1.[Na+].[OH-]. The van der Waals surface area contributed by atoms with Crippen LogP contribution in [0, 0.1) is 0 Å². The summed E-state index contributed by atoms with van der Waals surface area (Å²) in [4.78, 5) is 33.8. The van der Waals surface area contributed by atoms with Crippen LogP contribution in [0.3, 0.4) is 0 Å². The molecule has 0 atom stereocenters. The Bertz CT molecular complexity index is 2220. The van der Waals surface area contributed by atoms with Gasteiger partial charge < -0.3 is 29.5 Å². The summed E-state index contributed by atoms with van der Waals surface area (Å²) in [7, 11) is 1.00. The van der Waals surface area contributed by atoms with E-state index in [0.29, 0.717) is 6.29 Å². The van der Waals surface area contributed by atoms with Crippen molar-refractivity contribution in [2.24, 2.45) is 0 Å². The number of hydrogen-bond acceptors (Lipinski definition) is 9. The van der Waals surface area contributed by atoms with Gasteiger partial charge >= 0.3 is 66.6 Å². The van der Waals surface area contributed by atoms with E-state index in [2.05, 4.69) is 18.9 Å². The predicted molar refractivity (Wildman–Crippen MR) is 208 cm³/mol. The summed E-state index contributed by atoms with van der Waals surface area (Å²) >= 11 is 0. The van der Waals surface area contributed by atoms with Gasteiger partial charge in [0.2, 0.25) is 0 Å². The van der Waals surface area contributed by atoms with E-state index in [9.17, 15) is 93.4 Å². The molecule has 0 unspecified atom stereocenters. The molecule has 0 heterocycles. The summed E-state index contributed by atoms with van der Waals surface area (Å²) in [6.07, 6.45) is -25.1. The minimum Gasteiger partial charge on any atom is -0.870 e. The number of carbonyl (C=O) groups excluding carboxylic acids is 3. The summed E-state index contributed by atoms with van der Waals surface area (Å²) < 4.78 is 238. The molecule has 0 aliphatic heterocycles. The molecule has 0 spiro atoms. The van der Waals surface area contributed by atoms with Crippen molar-refractivity contribution in [3.05, 3.63) is 124 Å². The summed E-state index contributed by atoms with van der Waals surface area (Å²) in [5.74, 6) is -3.32. The van der Waals surface area contributed by atoms with Crippen molar-refractivity contribution in [1.29, 1.82) is 0 Å². The average Bonchev–Trinajstić information content (AvgIpc) is 3.22. The number of alkyl halides is 18. The molecule has 4 rings (SSSR count). The van der Waals surface area contributed by atoms with Crippen LogP contribution < -0.4 is 48.5 Å². The van der Waals surface area contributed by atoms with Crippen LogP contribution in [-0.2, 0) is 12.4 Å². The van der Waals surface area contributed by atoms with E-state index in [4.69, 9.17) is 5.11 Å². The molecule has 70 heavy (non-hydrogen) atoms. The normalized spacial score (nSPS) is 11.5. The van der Waals surface area contributed by atoms with Gasteiger partial charge in [-0.3, -0.25) is 14.4 Å². The van der Waals surface area contributed by atoms with E-state index in [1.165, 1.54) is 0 Å². The fourth-order valence-corrected chi connectivity index (χ4v) is 4.36. The van der Waals surface area contributed by atoms with E-state index in [1.807, 2.05) is 0 Å². The number of aliphatic hydroxyl groups excluding tert-OH is 1. The second-order valence-electron chi connectivity index (χ2n) is 12.5. The maximum Gasteiger partial charge on any atom is 1.00 e. The Labute approximate surface area is 407 Å². The number of Topliss-reactive ketones (excluding diaryl/α,β-unsaturated/α-hetero) is 1. The van der Waals surface area contributed by atoms with Crippen molar-refractivity contribution < 1.29 is 152 Å². The molecule has 0 bridgehead atoms. The Hall–Kier alpha value is -5.51. The first-order valence-corrected chi connectivity index (χ1v) is 17.7. The third-order valence-corrected chi connectivity index (χ3v) is 7.17. The Morgan fingerprint density at radius 2 is 0.814 bits per heavy atom. The molecule has 9 nitrogen and oxygen atoms in total. The zero-order chi connectivity index (χ0) is 51.6. The minimum absolute atomic E-state index is 0. The minimum atomic E-state index is -4.75. The van der Waals surface area contributed by atoms with E-state index in [0.717, 1.165) is 111 Å². The van der Waals surface area contributed by atoms with Crippen molar-refractivity contribution in [3.8, 4) is 23.0 Å². The molecule has 0 fully saturated rings. The summed E-state index contributed by atoms with van der Waals surface area (Å²) in [5.41, 5.74) is -2.10. The fraction of sp³-hybridized carbons (Fsp3) is 0.310. The number of ketones is 2. The number of halogens is 18. The van der Waals surface area contributed by atoms with Crippen molar-refractivity contribution in [1.82, 2.24) is 0 Å². The number of aliphatic hydroxyl groups is 1. The van der Waals surface area contributed by atoms with E-state index in [-0.39, 0.29) is 70.6 Å². The second-order valence-corrected chi connectivity index (χ2v) is 12.5. The second kappa shape index (κ2) is 29.6. The Kier molecular flexibility index (Phi) is 29.1. The van der Waals surface area contributed by atoms with Crippen molar-refractivity contribution in [3.63, 3.8) is 0 Å². The van der Waals surface area contributed by atoms with Crippen molar-refractivity contribution >= 4 is 23.9 Å². The topological polar surface area (TPSA) is 138 Å². The maximum atomic E-state index is 12.6. The van der Waals surface area contributed by atoms with Crippen LogP contribution in [0.1, 0.15) is 62.1 Å². The van der Waals surface area contributed by atoms with E-state index in [1.54, 1.807) is 0 Å². The quantitative estimate of drug-likeness (QED) is 0.0456. The molecule has 0 radical (unpaired) electrons. The first-order valence-electron chi connectivity index (χ1n) is 17.7. The number of allylic oxidation sites excluding steroid dienone is 1. The number of ether oxygens (including phenoxy) is 4. The van der Waals surface area contributed by atoms with Gasteiger partial charge in [-0.1, -0.05) is 37.8 Å². The number of hydrogen-bond donors (Lipinski definition) is 1. The Balaban J connectivity index is -0.00000102. The van der Waals surface area contributed by atoms with Crippen LogP contribution in [-0.4, -0.2) is 86.7 Å². The molecule has 0 aromatic heterocycles. The number of rotatable bonds is 13. The van der Waals surface area contributed by atoms with Crippen LogP contribution in [0.4, 0.5) is 79.0 Å². The zero-order valence-corrected chi connectivity index (χ0v) is 37.2. The standard InChI is InChI=1S/C20H13F9O3.C12H10F6O3.C8H5F3O.CH4O.CH4.Na.H2O/c21-18(22,23)10-31-14-6-8-17(32-11-19(24,25)26)15(9-14)16(30)7-3-12-1-4-13(5-2-12)20(27,28)29;1-7(19)9-4-8(20-5-11(13,14)15)2-3-10(9)21-6-12(16,17)18;9-8(10,11)7-3-1-6(5-12)2-4-7;1-2;;;/h1-9H,10-11H2;2-4H,5-6H2,1H3;1-5H;2H,1H3;1H4;;1H2/q;;;;;+1;/p-1/b7-3+;;;;;;. The number of carbonyl (C=O) groups is 3. The third kappa shape index (κ3) is 28.2. The van der Waals surface area contributed by atoms with Gasteiger partial charge in [-0.2, -0.15) is 79.0 Å². The van der Waals surface area contributed by atoms with Crippen LogP contribution in [0.25, 0.3) is 6.08 Å². The predicted octanol–water partition coefficient (Wildman–Crippen LogP) is 9.84. The monoisotopic (exact) mass is 1050 g/mol. The number of benzene rings is 4. The van der Waals surface area contributed by atoms with Crippen LogP contribution in [0.5, 0.6) is 23.0 Å². The van der Waals surface area contributed by atoms with E-state index >= 15 is 0 Å². The van der Waals surface area contributed by atoms with E-state index < -0.39 is 103 Å². The maximum absolute atomic E-state index is 12.6. The summed E-state index contributed by atoms with van der Waals surface area (Å²) in [5, 5.41) is 7.00. The van der Waals surface area contributed by atoms with Gasteiger partial charge in [0.25, 0.3) is 0 Å². The Morgan fingerprint density at radius 3 is 1.13 bits per heavy atom. The number of aldehydes is 1. The van der Waals surface area contributed by atoms with Crippen LogP contribution >= 0.6 is 0 Å². The molecule has 4 aromatic rings. The molecule has 0 amide bonds. The largest absolute Gasteiger partial charge is 1.00 e. The van der Waals surface area contributed by atoms with Gasteiger partial charge in [0.05, 0.1) is 22.3 Å². The molecule has 0 aliphatic rings.